The van der Waals surface area contributed by atoms with Crippen molar-refractivity contribution in [3.8, 4) is 5.75 Å². The smallest absolute Gasteiger partial charge is 0.191 e. The van der Waals surface area contributed by atoms with Crippen molar-refractivity contribution in [2.24, 2.45) is 16.6 Å². The van der Waals surface area contributed by atoms with Gasteiger partial charge in [-0.1, -0.05) is 6.92 Å². The Kier molecular flexibility index (Phi) is 7.09. The Morgan fingerprint density at radius 3 is 2.88 bits per heavy atom. The van der Waals surface area contributed by atoms with Gasteiger partial charge in [-0.25, -0.2) is 4.39 Å². The van der Waals surface area contributed by atoms with Gasteiger partial charge in [0.15, 0.2) is 12.8 Å². The maximum absolute atomic E-state index is 13.7. The molecule has 2 aliphatic heterocycles. The van der Waals surface area contributed by atoms with Crippen LogP contribution < -0.4 is 10.5 Å². The molecule has 0 bridgehead atoms. The molecule has 0 saturated carbocycles. The molecule has 0 atom stereocenters. The highest BCUT2D eigenvalue weighted by atomic mass is 127. The lowest BCUT2D eigenvalue weighted by Gasteiger charge is -2.31. The van der Waals surface area contributed by atoms with Crippen molar-refractivity contribution in [2.75, 3.05) is 26.4 Å². The molecule has 1 aromatic rings. The second kappa shape index (κ2) is 8.84. The van der Waals surface area contributed by atoms with Crippen LogP contribution in [0.3, 0.4) is 0 Å². The Bertz CT molecular complexity index is 589. The lowest BCUT2D eigenvalue weighted by atomic mass is 10.00. The molecule has 3 rings (SSSR count). The summed E-state index contributed by atoms with van der Waals surface area (Å²) < 4.78 is 24.4. The molecule has 2 N–H and O–H groups in total. The molecule has 0 unspecified atom stereocenters. The molecule has 1 saturated heterocycles. The van der Waals surface area contributed by atoms with Gasteiger partial charge >= 0.3 is 0 Å². The highest BCUT2D eigenvalue weighted by Crippen LogP contribution is 2.29. The second-order valence-electron chi connectivity index (χ2n) is 6.32. The zero-order chi connectivity index (χ0) is 16.2. The van der Waals surface area contributed by atoms with E-state index >= 15 is 0 Å². The van der Waals surface area contributed by atoms with Gasteiger partial charge in [0.1, 0.15) is 11.6 Å². The number of halogens is 2. The number of aliphatic imine (C=N–C) groups is 1. The lowest BCUT2D eigenvalue weighted by Crippen LogP contribution is -2.42. The van der Waals surface area contributed by atoms with Crippen LogP contribution in [-0.4, -0.2) is 37.3 Å². The van der Waals surface area contributed by atoms with E-state index in [1.165, 1.54) is 12.1 Å². The third-order valence-corrected chi connectivity index (χ3v) is 4.51. The summed E-state index contributed by atoms with van der Waals surface area (Å²) in [6.07, 6.45) is 2.91. The molecule has 5 nitrogen and oxygen atoms in total. The van der Waals surface area contributed by atoms with Gasteiger partial charge in [-0.3, -0.25) is 4.99 Å². The van der Waals surface area contributed by atoms with Crippen LogP contribution in [0.15, 0.2) is 17.1 Å². The number of hydrogen-bond donors (Lipinski definition) is 1. The van der Waals surface area contributed by atoms with Gasteiger partial charge in [-0.2, -0.15) is 0 Å². The van der Waals surface area contributed by atoms with Crippen LogP contribution in [0.5, 0.6) is 5.75 Å². The molecule has 2 heterocycles. The minimum atomic E-state index is -0.269. The first-order chi connectivity index (χ1) is 11.1. The number of guanidine groups is 1. The van der Waals surface area contributed by atoms with Crippen molar-refractivity contribution in [2.45, 2.75) is 32.8 Å². The minimum Gasteiger partial charge on any atom is -0.467 e. The van der Waals surface area contributed by atoms with Gasteiger partial charge in [-0.15, -0.1) is 24.0 Å². The van der Waals surface area contributed by atoms with E-state index in [-0.39, 0.29) is 36.6 Å². The average Bonchev–Trinajstić information content (AvgIpc) is 2.55. The van der Waals surface area contributed by atoms with Crippen molar-refractivity contribution in [1.82, 2.24) is 4.90 Å². The van der Waals surface area contributed by atoms with Crippen LogP contribution >= 0.6 is 24.0 Å². The van der Waals surface area contributed by atoms with Gasteiger partial charge in [0.25, 0.3) is 0 Å². The van der Waals surface area contributed by atoms with E-state index in [0.717, 1.165) is 48.7 Å². The number of hydrogen-bond acceptors (Lipinski definition) is 3. The molecule has 24 heavy (non-hydrogen) atoms. The normalized spacial score (nSPS) is 18.6. The SMILES string of the molecule is CC1CCN(C(N)=NCCc2cc(F)cc3c2OCOC3)CC1.I. The first-order valence-corrected chi connectivity index (χ1v) is 8.20. The minimum absolute atomic E-state index is 0. The number of fused-ring (bicyclic) bond motifs is 1. The van der Waals surface area contributed by atoms with Crippen molar-refractivity contribution in [3.63, 3.8) is 0 Å². The molecule has 0 amide bonds. The zero-order valence-corrected chi connectivity index (χ0v) is 16.3. The number of likely N-dealkylation sites (tertiary alicyclic amines) is 1. The maximum atomic E-state index is 13.7. The van der Waals surface area contributed by atoms with Crippen molar-refractivity contribution in [3.05, 3.63) is 29.1 Å². The molecule has 7 heteroatoms. The van der Waals surface area contributed by atoms with Gasteiger partial charge in [0.2, 0.25) is 0 Å². The van der Waals surface area contributed by atoms with Crippen LogP contribution in [0.2, 0.25) is 0 Å². The summed E-state index contributed by atoms with van der Waals surface area (Å²) in [5, 5.41) is 0. The molecule has 0 spiro atoms. The van der Waals surface area contributed by atoms with Crippen molar-refractivity contribution < 1.29 is 13.9 Å². The Hall–Kier alpha value is -1.09. The molecule has 134 valence electrons. The van der Waals surface area contributed by atoms with E-state index in [9.17, 15) is 4.39 Å². The molecular weight excluding hydrogens is 424 g/mol. The highest BCUT2D eigenvalue weighted by Gasteiger charge is 2.18. The number of rotatable bonds is 3. The number of benzene rings is 1. The Morgan fingerprint density at radius 1 is 1.38 bits per heavy atom. The third kappa shape index (κ3) is 4.72. The Labute approximate surface area is 159 Å². The Balaban J connectivity index is 0.00000208. The molecular formula is C17H25FIN3O2. The number of piperidine rings is 1. The van der Waals surface area contributed by atoms with E-state index in [0.29, 0.717) is 25.5 Å². The van der Waals surface area contributed by atoms with Gasteiger partial charge < -0.3 is 20.1 Å². The molecule has 0 aromatic heterocycles. The monoisotopic (exact) mass is 449 g/mol. The zero-order valence-electron chi connectivity index (χ0n) is 14.0. The van der Waals surface area contributed by atoms with Gasteiger partial charge in [0.05, 0.1) is 6.61 Å². The summed E-state index contributed by atoms with van der Waals surface area (Å²) in [5.74, 6) is 1.82. The van der Waals surface area contributed by atoms with E-state index in [2.05, 4.69) is 16.8 Å². The Morgan fingerprint density at radius 2 is 2.12 bits per heavy atom. The largest absolute Gasteiger partial charge is 0.467 e. The van der Waals surface area contributed by atoms with Crippen molar-refractivity contribution >= 4 is 29.9 Å². The third-order valence-electron chi connectivity index (χ3n) is 4.51. The predicted molar refractivity (Wildman–Crippen MR) is 102 cm³/mol. The van der Waals surface area contributed by atoms with Crippen LogP contribution in [-0.2, 0) is 17.8 Å². The summed E-state index contributed by atoms with van der Waals surface area (Å²) in [6, 6.07) is 2.98. The summed E-state index contributed by atoms with van der Waals surface area (Å²) in [4.78, 5) is 6.59. The standard InChI is InChI=1S/C17H24FN3O2.HI/c1-12-3-6-21(7-4-12)17(19)20-5-2-13-8-15(18)9-14-10-22-11-23-16(13)14;/h8-9,12H,2-7,10-11H2,1H3,(H2,19,20);1H. The quantitative estimate of drug-likeness (QED) is 0.438. The van der Waals surface area contributed by atoms with Gasteiger partial charge in [0, 0.05) is 25.2 Å². The van der Waals surface area contributed by atoms with E-state index in [1.807, 2.05) is 0 Å². The number of ether oxygens (including phenoxy) is 2. The van der Waals surface area contributed by atoms with Crippen LogP contribution in [0.1, 0.15) is 30.9 Å². The lowest BCUT2D eigenvalue weighted by molar-refractivity contribution is -0.0172. The van der Waals surface area contributed by atoms with Gasteiger partial charge in [-0.05, 0) is 42.9 Å². The number of nitrogens with zero attached hydrogens (tertiary/aromatic N) is 2. The summed E-state index contributed by atoms with van der Waals surface area (Å²) in [6.45, 7) is 5.32. The predicted octanol–water partition coefficient (Wildman–Crippen LogP) is 2.90. The molecule has 1 aromatic carbocycles. The molecule has 2 aliphatic rings. The fraction of sp³-hybridized carbons (Fsp3) is 0.588. The fourth-order valence-corrected chi connectivity index (χ4v) is 3.07. The molecule has 0 aliphatic carbocycles. The average molecular weight is 449 g/mol. The van der Waals surface area contributed by atoms with Crippen LogP contribution in [0, 0.1) is 11.7 Å². The highest BCUT2D eigenvalue weighted by molar-refractivity contribution is 14.0. The second-order valence-corrected chi connectivity index (χ2v) is 6.32. The van der Waals surface area contributed by atoms with E-state index in [1.54, 1.807) is 0 Å². The number of nitrogens with two attached hydrogens (primary N) is 1. The topological polar surface area (TPSA) is 60.1 Å². The first-order valence-electron chi connectivity index (χ1n) is 8.20. The van der Waals surface area contributed by atoms with Crippen LogP contribution in [0.4, 0.5) is 4.39 Å². The molecule has 0 radical (unpaired) electrons. The van der Waals surface area contributed by atoms with Crippen LogP contribution in [0.25, 0.3) is 0 Å². The first kappa shape index (κ1) is 19.2. The fourth-order valence-electron chi connectivity index (χ4n) is 3.07. The van der Waals surface area contributed by atoms with E-state index < -0.39 is 0 Å². The van der Waals surface area contributed by atoms with E-state index in [4.69, 9.17) is 15.2 Å². The van der Waals surface area contributed by atoms with Crippen molar-refractivity contribution in [1.29, 1.82) is 0 Å². The summed E-state index contributed by atoms with van der Waals surface area (Å²) in [5.41, 5.74) is 7.66. The molecule has 1 fully saturated rings. The maximum Gasteiger partial charge on any atom is 0.191 e. The summed E-state index contributed by atoms with van der Waals surface area (Å²) >= 11 is 0. The summed E-state index contributed by atoms with van der Waals surface area (Å²) in [7, 11) is 0.